The second kappa shape index (κ2) is 3.83. The molecule has 2 aromatic heterocycles. The van der Waals surface area contributed by atoms with Crippen LogP contribution >= 0.6 is 0 Å². The van der Waals surface area contributed by atoms with Gasteiger partial charge in [-0.3, -0.25) is 5.10 Å². The van der Waals surface area contributed by atoms with Crippen LogP contribution in [0, 0.1) is 11.3 Å². The average Bonchev–Trinajstić information content (AvgIpc) is 2.98. The number of nitrogens with zero attached hydrogens (tertiary/aromatic N) is 3. The van der Waals surface area contributed by atoms with E-state index in [0.29, 0.717) is 17.0 Å². The number of nitrogens with one attached hydrogen (secondary N) is 2. The minimum Gasteiger partial charge on any atom is -0.369 e. The third-order valence-corrected chi connectivity index (χ3v) is 4.05. The Bertz CT molecular complexity index is 569. The van der Waals surface area contributed by atoms with Crippen LogP contribution in [0.1, 0.15) is 26.7 Å². The molecule has 1 aliphatic rings. The van der Waals surface area contributed by atoms with E-state index in [9.17, 15) is 0 Å². The lowest BCUT2D eigenvalue weighted by Gasteiger charge is -2.20. The van der Waals surface area contributed by atoms with Crippen molar-refractivity contribution in [3.8, 4) is 0 Å². The van der Waals surface area contributed by atoms with Crippen molar-refractivity contribution in [2.24, 2.45) is 11.3 Å². The van der Waals surface area contributed by atoms with Gasteiger partial charge < -0.3 is 11.1 Å². The molecule has 0 unspecified atom stereocenters. The molecular weight excluding hydrogens is 228 g/mol. The summed E-state index contributed by atoms with van der Waals surface area (Å²) in [7, 11) is 0. The molecule has 96 valence electrons. The van der Waals surface area contributed by atoms with Crippen LogP contribution in [-0.2, 0) is 0 Å². The zero-order chi connectivity index (χ0) is 12.8. The quantitative estimate of drug-likeness (QED) is 0.764. The zero-order valence-electron chi connectivity index (χ0n) is 10.7. The SMILES string of the molecule is CC(C)C1(CNc2nc(N)nc3[nH]ncc23)CC1. The van der Waals surface area contributed by atoms with Crippen LogP contribution in [0.15, 0.2) is 6.20 Å². The molecule has 2 heterocycles. The van der Waals surface area contributed by atoms with E-state index in [1.54, 1.807) is 6.20 Å². The van der Waals surface area contributed by atoms with E-state index in [0.717, 1.165) is 17.7 Å². The van der Waals surface area contributed by atoms with Gasteiger partial charge >= 0.3 is 0 Å². The second-order valence-electron chi connectivity index (χ2n) is 5.43. The van der Waals surface area contributed by atoms with Gasteiger partial charge in [0.15, 0.2) is 5.65 Å². The first-order valence-corrected chi connectivity index (χ1v) is 6.31. The standard InChI is InChI=1S/C12H18N6/c1-7(2)12(3-4-12)6-14-9-8-5-15-18-10(8)17-11(13)16-9/h5,7H,3-4,6H2,1-2H3,(H4,13,14,15,16,17,18). The Morgan fingerprint density at radius 3 is 2.89 bits per heavy atom. The van der Waals surface area contributed by atoms with Crippen molar-refractivity contribution in [2.45, 2.75) is 26.7 Å². The first-order valence-electron chi connectivity index (χ1n) is 6.31. The van der Waals surface area contributed by atoms with Crippen molar-refractivity contribution in [3.05, 3.63) is 6.20 Å². The Labute approximate surface area is 105 Å². The third kappa shape index (κ3) is 1.77. The highest BCUT2D eigenvalue weighted by molar-refractivity contribution is 5.86. The molecule has 0 aliphatic heterocycles. The number of hydrogen-bond donors (Lipinski definition) is 3. The lowest BCUT2D eigenvalue weighted by molar-refractivity contribution is 0.380. The molecule has 1 aliphatic carbocycles. The van der Waals surface area contributed by atoms with E-state index in [1.165, 1.54) is 12.8 Å². The Balaban J connectivity index is 1.84. The fourth-order valence-electron chi connectivity index (χ4n) is 2.37. The summed E-state index contributed by atoms with van der Waals surface area (Å²) in [6.45, 7) is 5.48. The van der Waals surface area contributed by atoms with Gasteiger partial charge in [0.05, 0.1) is 11.6 Å². The van der Waals surface area contributed by atoms with Crippen molar-refractivity contribution in [1.29, 1.82) is 0 Å². The Hall–Kier alpha value is -1.85. The fourth-order valence-corrected chi connectivity index (χ4v) is 2.37. The molecule has 0 saturated heterocycles. The summed E-state index contributed by atoms with van der Waals surface area (Å²) in [5.41, 5.74) is 6.79. The summed E-state index contributed by atoms with van der Waals surface area (Å²) in [5, 5.41) is 11.1. The molecule has 1 saturated carbocycles. The topological polar surface area (TPSA) is 92.5 Å². The van der Waals surface area contributed by atoms with E-state index < -0.39 is 0 Å². The van der Waals surface area contributed by atoms with E-state index >= 15 is 0 Å². The monoisotopic (exact) mass is 246 g/mol. The Morgan fingerprint density at radius 1 is 1.44 bits per heavy atom. The highest BCUT2D eigenvalue weighted by Gasteiger charge is 2.45. The zero-order valence-corrected chi connectivity index (χ0v) is 10.7. The highest BCUT2D eigenvalue weighted by Crippen LogP contribution is 2.51. The molecule has 0 aromatic carbocycles. The van der Waals surface area contributed by atoms with Crippen molar-refractivity contribution >= 4 is 22.8 Å². The van der Waals surface area contributed by atoms with Crippen molar-refractivity contribution in [2.75, 3.05) is 17.6 Å². The third-order valence-electron chi connectivity index (χ3n) is 4.05. The summed E-state index contributed by atoms with van der Waals surface area (Å²) in [4.78, 5) is 8.36. The molecule has 3 rings (SSSR count). The van der Waals surface area contributed by atoms with Crippen molar-refractivity contribution in [1.82, 2.24) is 20.2 Å². The largest absolute Gasteiger partial charge is 0.369 e. The normalized spacial score (nSPS) is 17.3. The summed E-state index contributed by atoms with van der Waals surface area (Å²) >= 11 is 0. The molecule has 4 N–H and O–H groups in total. The number of nitrogen functional groups attached to an aromatic ring is 1. The second-order valence-corrected chi connectivity index (χ2v) is 5.43. The molecule has 0 atom stereocenters. The number of aromatic amines is 1. The fraction of sp³-hybridized carbons (Fsp3) is 0.583. The predicted molar refractivity (Wildman–Crippen MR) is 71.1 cm³/mol. The highest BCUT2D eigenvalue weighted by atomic mass is 15.2. The summed E-state index contributed by atoms with van der Waals surface area (Å²) < 4.78 is 0. The molecule has 2 aromatic rings. The van der Waals surface area contributed by atoms with Gasteiger partial charge in [0, 0.05) is 6.54 Å². The molecule has 0 spiro atoms. The van der Waals surface area contributed by atoms with Gasteiger partial charge in [0.2, 0.25) is 5.95 Å². The number of rotatable bonds is 4. The van der Waals surface area contributed by atoms with Gasteiger partial charge in [0.1, 0.15) is 5.82 Å². The molecular formula is C12H18N6. The van der Waals surface area contributed by atoms with Crippen LogP contribution in [-0.4, -0.2) is 26.7 Å². The summed E-state index contributed by atoms with van der Waals surface area (Å²) in [6.07, 6.45) is 4.30. The van der Waals surface area contributed by atoms with Gasteiger partial charge in [-0.25, -0.2) is 0 Å². The molecule has 0 radical (unpaired) electrons. The number of nitrogens with two attached hydrogens (primary N) is 1. The first-order chi connectivity index (χ1) is 8.61. The Morgan fingerprint density at radius 2 is 2.22 bits per heavy atom. The predicted octanol–water partition coefficient (Wildman–Crippen LogP) is 1.78. The van der Waals surface area contributed by atoms with Crippen LogP contribution in [0.25, 0.3) is 11.0 Å². The lowest BCUT2D eigenvalue weighted by atomic mass is 9.92. The van der Waals surface area contributed by atoms with Gasteiger partial charge in [-0.05, 0) is 24.2 Å². The average molecular weight is 246 g/mol. The van der Waals surface area contributed by atoms with Crippen LogP contribution < -0.4 is 11.1 Å². The Kier molecular flexibility index (Phi) is 2.39. The van der Waals surface area contributed by atoms with Gasteiger partial charge in [-0.2, -0.15) is 15.1 Å². The smallest absolute Gasteiger partial charge is 0.224 e. The van der Waals surface area contributed by atoms with E-state index in [1.807, 2.05) is 0 Å². The molecule has 18 heavy (non-hydrogen) atoms. The van der Waals surface area contributed by atoms with Crippen molar-refractivity contribution in [3.63, 3.8) is 0 Å². The van der Waals surface area contributed by atoms with E-state index in [-0.39, 0.29) is 5.95 Å². The molecule has 0 amide bonds. The van der Waals surface area contributed by atoms with Gasteiger partial charge in [0.25, 0.3) is 0 Å². The lowest BCUT2D eigenvalue weighted by Crippen LogP contribution is -2.21. The van der Waals surface area contributed by atoms with E-state index in [2.05, 4.69) is 39.3 Å². The number of H-pyrrole nitrogens is 1. The molecule has 6 heteroatoms. The first kappa shape index (κ1) is 11.3. The van der Waals surface area contributed by atoms with Gasteiger partial charge in [-0.15, -0.1) is 0 Å². The number of anilines is 2. The maximum absolute atomic E-state index is 5.69. The summed E-state index contributed by atoms with van der Waals surface area (Å²) in [5.74, 6) is 1.73. The maximum atomic E-state index is 5.69. The molecule has 1 fully saturated rings. The van der Waals surface area contributed by atoms with Crippen LogP contribution in [0.4, 0.5) is 11.8 Å². The van der Waals surface area contributed by atoms with Crippen LogP contribution in [0.3, 0.4) is 0 Å². The van der Waals surface area contributed by atoms with Crippen LogP contribution in [0.2, 0.25) is 0 Å². The summed E-state index contributed by atoms with van der Waals surface area (Å²) in [6, 6.07) is 0. The number of hydrogen-bond acceptors (Lipinski definition) is 5. The van der Waals surface area contributed by atoms with Gasteiger partial charge in [-0.1, -0.05) is 13.8 Å². The van der Waals surface area contributed by atoms with Crippen molar-refractivity contribution < 1.29 is 0 Å². The minimum atomic E-state index is 0.267. The number of aromatic nitrogens is 4. The minimum absolute atomic E-state index is 0.267. The molecule has 0 bridgehead atoms. The number of fused-ring (bicyclic) bond motifs is 1. The molecule has 6 nitrogen and oxygen atoms in total. The maximum Gasteiger partial charge on any atom is 0.224 e. The van der Waals surface area contributed by atoms with E-state index in [4.69, 9.17) is 5.73 Å². The van der Waals surface area contributed by atoms with Crippen LogP contribution in [0.5, 0.6) is 0 Å².